The molecule has 1 unspecified atom stereocenters. The van der Waals surface area contributed by atoms with E-state index in [0.717, 1.165) is 34.2 Å². The number of benzene rings is 2. The molecule has 0 fully saturated rings. The maximum Gasteiger partial charge on any atom is 0.158 e. The van der Waals surface area contributed by atoms with Crippen molar-refractivity contribution < 1.29 is 0 Å². The van der Waals surface area contributed by atoms with Crippen LogP contribution in [0.15, 0.2) is 54.6 Å². The van der Waals surface area contributed by atoms with Gasteiger partial charge in [-0.25, -0.2) is 4.98 Å². The smallest absolute Gasteiger partial charge is 0.158 e. The van der Waals surface area contributed by atoms with Gasteiger partial charge in [0.15, 0.2) is 5.82 Å². The first-order valence-electron chi connectivity index (χ1n) is 7.34. The Bertz CT molecular complexity index is 924. The number of para-hydroxylation sites is 3. The van der Waals surface area contributed by atoms with Gasteiger partial charge in [-0.1, -0.05) is 30.3 Å². The number of fused-ring (bicyclic) bond motifs is 1. The Balaban J connectivity index is 1.81. The first-order valence-corrected chi connectivity index (χ1v) is 7.86. The zero-order chi connectivity index (χ0) is 15.8. The van der Waals surface area contributed by atoms with Crippen LogP contribution in [0.5, 0.6) is 0 Å². The molecule has 0 bridgehead atoms. The zero-order valence-corrected chi connectivity index (χ0v) is 13.4. The molecule has 6 heteroatoms. The van der Waals surface area contributed by atoms with Crippen LogP contribution in [0.4, 0.5) is 0 Å². The topological polar surface area (TPSA) is 59.4 Å². The fourth-order valence-corrected chi connectivity index (χ4v) is 2.97. The molecule has 0 radical (unpaired) electrons. The highest BCUT2D eigenvalue weighted by molar-refractivity contribution is 7.80. The van der Waals surface area contributed by atoms with Crippen molar-refractivity contribution in [2.45, 2.75) is 12.2 Å². The number of thiol groups is 1. The largest absolute Gasteiger partial charge is 0.341 e. The third-order valence-electron chi connectivity index (χ3n) is 3.78. The third kappa shape index (κ3) is 2.41. The number of imidazole rings is 1. The van der Waals surface area contributed by atoms with E-state index in [1.54, 1.807) is 0 Å². The van der Waals surface area contributed by atoms with E-state index in [4.69, 9.17) is 12.6 Å². The van der Waals surface area contributed by atoms with Gasteiger partial charge in [0.25, 0.3) is 0 Å². The Morgan fingerprint density at radius 3 is 2.52 bits per heavy atom. The quantitative estimate of drug-likeness (QED) is 0.568. The van der Waals surface area contributed by atoms with E-state index in [2.05, 4.69) is 20.2 Å². The second-order valence-corrected chi connectivity index (χ2v) is 5.83. The minimum absolute atomic E-state index is 0.288. The van der Waals surface area contributed by atoms with Gasteiger partial charge in [0.2, 0.25) is 0 Å². The fourth-order valence-electron chi connectivity index (χ4n) is 2.68. The van der Waals surface area contributed by atoms with E-state index >= 15 is 0 Å². The minimum Gasteiger partial charge on any atom is -0.341 e. The summed E-state index contributed by atoms with van der Waals surface area (Å²) in [5, 5.41) is 8.24. The molecule has 2 heterocycles. The third-order valence-corrected chi connectivity index (χ3v) is 4.25. The summed E-state index contributed by atoms with van der Waals surface area (Å²) in [6.45, 7) is 1.93. The number of nitrogens with one attached hydrogen (secondary N) is 1. The summed E-state index contributed by atoms with van der Waals surface area (Å²) in [6.07, 6.45) is 0. The lowest BCUT2D eigenvalue weighted by molar-refractivity contribution is 0.851. The maximum atomic E-state index is 4.74. The average molecular weight is 321 g/mol. The summed E-state index contributed by atoms with van der Waals surface area (Å²) in [5.41, 5.74) is 2.92. The molecule has 23 heavy (non-hydrogen) atoms. The number of rotatable bonds is 3. The lowest BCUT2D eigenvalue weighted by Gasteiger charge is -2.12. The molecule has 0 aliphatic carbocycles. The molecule has 0 saturated heterocycles. The summed E-state index contributed by atoms with van der Waals surface area (Å²) in [4.78, 5) is 7.93. The molecular weight excluding hydrogens is 306 g/mol. The molecule has 0 amide bonds. The van der Waals surface area contributed by atoms with Gasteiger partial charge in [-0.05, 0) is 31.2 Å². The predicted molar refractivity (Wildman–Crippen MR) is 93.0 cm³/mol. The highest BCUT2D eigenvalue weighted by Crippen LogP contribution is 2.28. The zero-order valence-electron chi connectivity index (χ0n) is 12.5. The van der Waals surface area contributed by atoms with Gasteiger partial charge < -0.3 is 4.98 Å². The van der Waals surface area contributed by atoms with Crippen molar-refractivity contribution in [2.75, 3.05) is 0 Å². The van der Waals surface area contributed by atoms with Crippen molar-refractivity contribution in [2.24, 2.45) is 0 Å². The van der Waals surface area contributed by atoms with Crippen molar-refractivity contribution in [1.29, 1.82) is 0 Å². The van der Waals surface area contributed by atoms with Gasteiger partial charge in [0, 0.05) is 5.69 Å². The second kappa shape index (κ2) is 5.55. The van der Waals surface area contributed by atoms with Gasteiger partial charge in [-0.15, -0.1) is 10.2 Å². The molecule has 5 nitrogen and oxygen atoms in total. The summed E-state index contributed by atoms with van der Waals surface area (Å²) in [5.74, 6) is 2.33. The van der Waals surface area contributed by atoms with Crippen molar-refractivity contribution in [3.05, 3.63) is 72.1 Å². The minimum atomic E-state index is -0.288. The highest BCUT2D eigenvalue weighted by Gasteiger charge is 2.22. The summed E-state index contributed by atoms with van der Waals surface area (Å²) in [6, 6.07) is 18.0. The molecule has 2 aromatic heterocycles. The predicted octanol–water partition coefficient (Wildman–Crippen LogP) is 3.47. The van der Waals surface area contributed by atoms with Gasteiger partial charge in [-0.3, -0.25) is 4.57 Å². The number of aryl methyl sites for hydroxylation is 1. The van der Waals surface area contributed by atoms with E-state index in [-0.39, 0.29) is 5.25 Å². The van der Waals surface area contributed by atoms with Gasteiger partial charge >= 0.3 is 0 Å². The summed E-state index contributed by atoms with van der Waals surface area (Å²) >= 11 is 4.74. The molecule has 4 rings (SSSR count). The van der Waals surface area contributed by atoms with Crippen LogP contribution in [0.1, 0.15) is 22.7 Å². The molecule has 4 aromatic rings. The SMILES string of the molecule is Cc1nnc(C(S)c2nc3ccccc3[nH]2)n1-c1ccccc1. The average Bonchev–Trinajstić information content (AvgIpc) is 3.18. The summed E-state index contributed by atoms with van der Waals surface area (Å²) in [7, 11) is 0. The Hall–Kier alpha value is -2.60. The molecule has 0 spiro atoms. The number of hydrogen-bond acceptors (Lipinski definition) is 4. The molecule has 1 atom stereocenters. The monoisotopic (exact) mass is 321 g/mol. The number of nitrogens with zero attached hydrogens (tertiary/aromatic N) is 4. The second-order valence-electron chi connectivity index (χ2n) is 5.32. The van der Waals surface area contributed by atoms with Crippen molar-refractivity contribution in [3.8, 4) is 5.69 Å². The van der Waals surface area contributed by atoms with E-state index < -0.39 is 0 Å². The van der Waals surface area contributed by atoms with Crippen LogP contribution in [0, 0.1) is 6.92 Å². The van der Waals surface area contributed by atoms with Gasteiger partial charge in [-0.2, -0.15) is 12.6 Å². The lowest BCUT2D eigenvalue weighted by Crippen LogP contribution is -2.07. The first-order chi connectivity index (χ1) is 11.2. The van der Waals surface area contributed by atoms with Crippen LogP contribution in [-0.2, 0) is 0 Å². The summed E-state index contributed by atoms with van der Waals surface area (Å²) < 4.78 is 2.00. The lowest BCUT2D eigenvalue weighted by atomic mass is 10.3. The van der Waals surface area contributed by atoms with Crippen LogP contribution in [0.25, 0.3) is 16.7 Å². The molecular formula is C17H15N5S. The van der Waals surface area contributed by atoms with Crippen molar-refractivity contribution in [1.82, 2.24) is 24.7 Å². The van der Waals surface area contributed by atoms with Gasteiger partial charge in [0.05, 0.1) is 11.0 Å². The van der Waals surface area contributed by atoms with Crippen LogP contribution < -0.4 is 0 Å². The van der Waals surface area contributed by atoms with Crippen LogP contribution in [0.2, 0.25) is 0 Å². The fraction of sp³-hybridized carbons (Fsp3) is 0.118. The molecule has 0 aliphatic heterocycles. The molecule has 1 N–H and O–H groups in total. The van der Waals surface area contributed by atoms with Crippen LogP contribution in [-0.4, -0.2) is 24.7 Å². The van der Waals surface area contributed by atoms with Crippen LogP contribution in [0.3, 0.4) is 0 Å². The number of H-pyrrole nitrogens is 1. The molecule has 2 aromatic carbocycles. The van der Waals surface area contributed by atoms with Crippen molar-refractivity contribution >= 4 is 23.7 Å². The van der Waals surface area contributed by atoms with E-state index in [1.807, 2.05) is 66.1 Å². The standard InChI is InChI=1S/C17H15N5S/c1-11-20-21-17(22(11)12-7-3-2-4-8-12)15(23)16-18-13-9-5-6-10-14(13)19-16/h2-10,15,23H,1H3,(H,18,19). The molecule has 114 valence electrons. The molecule has 0 aliphatic rings. The van der Waals surface area contributed by atoms with E-state index in [0.29, 0.717) is 0 Å². The normalized spacial score (nSPS) is 12.6. The Morgan fingerprint density at radius 1 is 1.00 bits per heavy atom. The highest BCUT2D eigenvalue weighted by atomic mass is 32.1. The van der Waals surface area contributed by atoms with Crippen LogP contribution >= 0.6 is 12.6 Å². The van der Waals surface area contributed by atoms with Gasteiger partial charge in [0.1, 0.15) is 16.9 Å². The maximum absolute atomic E-state index is 4.74. The Morgan fingerprint density at radius 2 is 1.74 bits per heavy atom. The number of aromatic amines is 1. The first kappa shape index (κ1) is 14.0. The van der Waals surface area contributed by atoms with E-state index in [9.17, 15) is 0 Å². The Kier molecular flexibility index (Phi) is 3.38. The van der Waals surface area contributed by atoms with E-state index in [1.165, 1.54) is 0 Å². The molecule has 0 saturated carbocycles. The van der Waals surface area contributed by atoms with Crippen molar-refractivity contribution in [3.63, 3.8) is 0 Å². The Labute approximate surface area is 138 Å². The number of aromatic nitrogens is 5. The number of hydrogen-bond donors (Lipinski definition) is 2.